The fraction of sp³-hybridized carbons (Fsp3) is 0.462. The number of benzene rings is 1. The van der Waals surface area contributed by atoms with Crippen LogP contribution in [0.5, 0.6) is 0 Å². The Morgan fingerprint density at radius 1 is 1.32 bits per heavy atom. The van der Waals surface area contributed by atoms with Crippen LogP contribution < -0.4 is 5.73 Å². The highest BCUT2D eigenvalue weighted by Crippen LogP contribution is 2.32. The van der Waals surface area contributed by atoms with Crippen LogP contribution in [0, 0.1) is 5.92 Å². The fourth-order valence-electron chi connectivity index (χ4n) is 2.68. The third-order valence-corrected chi connectivity index (χ3v) is 4.13. The number of hydrogen-bond donors (Lipinski definition) is 1. The Morgan fingerprint density at radius 3 is 2.89 bits per heavy atom. The van der Waals surface area contributed by atoms with Crippen molar-refractivity contribution in [3.05, 3.63) is 23.2 Å². The van der Waals surface area contributed by atoms with Crippen LogP contribution in [0.15, 0.2) is 18.2 Å². The molecule has 1 fully saturated rings. The fourth-order valence-corrected chi connectivity index (χ4v) is 2.89. The Balaban J connectivity index is 1.92. The molecule has 6 heteroatoms. The van der Waals surface area contributed by atoms with Crippen molar-refractivity contribution in [1.82, 2.24) is 20.2 Å². The predicted octanol–water partition coefficient (Wildman–Crippen LogP) is 2.77. The highest BCUT2D eigenvalue weighted by Gasteiger charge is 2.20. The number of tetrazole rings is 1. The summed E-state index contributed by atoms with van der Waals surface area (Å²) in [4.78, 5) is 0. The molecule has 1 aromatic carbocycles. The SMILES string of the molecule is Nc1cccc(-c2nnnn2CC2CCCC2)c1Cl. The lowest BCUT2D eigenvalue weighted by Crippen LogP contribution is -2.10. The Labute approximate surface area is 116 Å². The quantitative estimate of drug-likeness (QED) is 0.876. The van der Waals surface area contributed by atoms with E-state index in [-0.39, 0.29) is 0 Å². The van der Waals surface area contributed by atoms with Gasteiger partial charge in [0.15, 0.2) is 5.82 Å². The first-order valence-corrected chi connectivity index (χ1v) is 6.94. The van der Waals surface area contributed by atoms with E-state index in [0.717, 1.165) is 12.1 Å². The molecule has 3 rings (SSSR count). The van der Waals surface area contributed by atoms with Crippen LogP contribution in [-0.4, -0.2) is 20.2 Å². The molecule has 2 N–H and O–H groups in total. The average molecular weight is 278 g/mol. The second kappa shape index (κ2) is 5.17. The molecular formula is C13H16ClN5. The molecule has 0 atom stereocenters. The number of nitrogens with zero attached hydrogens (tertiary/aromatic N) is 4. The number of nitrogens with two attached hydrogens (primary N) is 1. The minimum Gasteiger partial charge on any atom is -0.398 e. The van der Waals surface area contributed by atoms with Gasteiger partial charge in [-0.25, -0.2) is 4.68 Å². The normalized spacial score (nSPS) is 16.1. The Hall–Kier alpha value is -1.62. The van der Waals surface area contributed by atoms with Gasteiger partial charge in [-0.1, -0.05) is 30.5 Å². The van der Waals surface area contributed by atoms with Gasteiger partial charge in [0.2, 0.25) is 0 Å². The van der Waals surface area contributed by atoms with Gasteiger partial charge in [-0.3, -0.25) is 0 Å². The molecule has 0 aliphatic heterocycles. The summed E-state index contributed by atoms with van der Waals surface area (Å²) < 4.78 is 1.84. The minimum atomic E-state index is 0.518. The summed E-state index contributed by atoms with van der Waals surface area (Å²) in [6, 6.07) is 5.54. The van der Waals surface area contributed by atoms with E-state index in [4.69, 9.17) is 17.3 Å². The van der Waals surface area contributed by atoms with Crippen molar-refractivity contribution in [1.29, 1.82) is 0 Å². The molecule has 19 heavy (non-hydrogen) atoms. The van der Waals surface area contributed by atoms with Gasteiger partial charge in [-0.15, -0.1) is 5.10 Å². The van der Waals surface area contributed by atoms with Gasteiger partial charge in [0.05, 0.1) is 10.7 Å². The van der Waals surface area contributed by atoms with Crippen LogP contribution in [0.4, 0.5) is 5.69 Å². The Kier molecular flexibility index (Phi) is 3.38. The summed E-state index contributed by atoms with van der Waals surface area (Å²) in [5.41, 5.74) is 7.18. The van der Waals surface area contributed by atoms with E-state index in [1.807, 2.05) is 16.8 Å². The summed E-state index contributed by atoms with van der Waals surface area (Å²) in [6.07, 6.45) is 5.12. The molecule has 1 saturated carbocycles. The molecule has 0 radical (unpaired) electrons. The molecule has 1 aliphatic carbocycles. The summed E-state index contributed by atoms with van der Waals surface area (Å²) in [5, 5.41) is 12.5. The van der Waals surface area contributed by atoms with Crippen molar-refractivity contribution in [3.63, 3.8) is 0 Å². The van der Waals surface area contributed by atoms with E-state index in [9.17, 15) is 0 Å². The van der Waals surface area contributed by atoms with Gasteiger partial charge in [-0.2, -0.15) is 0 Å². The predicted molar refractivity (Wildman–Crippen MR) is 74.6 cm³/mol. The van der Waals surface area contributed by atoms with E-state index in [2.05, 4.69) is 15.5 Å². The van der Waals surface area contributed by atoms with Gasteiger partial charge >= 0.3 is 0 Å². The van der Waals surface area contributed by atoms with Gasteiger partial charge in [0, 0.05) is 12.1 Å². The number of aromatic nitrogens is 4. The van der Waals surface area contributed by atoms with Crippen molar-refractivity contribution in [2.45, 2.75) is 32.2 Å². The van der Waals surface area contributed by atoms with Crippen LogP contribution in [0.1, 0.15) is 25.7 Å². The van der Waals surface area contributed by atoms with Crippen LogP contribution in [-0.2, 0) is 6.54 Å². The number of nitrogen functional groups attached to an aromatic ring is 1. The van der Waals surface area contributed by atoms with Crippen LogP contribution in [0.2, 0.25) is 5.02 Å². The first kappa shape index (κ1) is 12.4. The topological polar surface area (TPSA) is 69.6 Å². The molecule has 0 spiro atoms. The molecular weight excluding hydrogens is 262 g/mol. The second-order valence-electron chi connectivity index (χ2n) is 5.04. The van der Waals surface area contributed by atoms with Crippen molar-refractivity contribution >= 4 is 17.3 Å². The summed E-state index contributed by atoms with van der Waals surface area (Å²) in [7, 11) is 0. The van der Waals surface area contributed by atoms with Crippen LogP contribution >= 0.6 is 11.6 Å². The Bertz CT molecular complexity index is 574. The lowest BCUT2D eigenvalue weighted by atomic mass is 10.1. The molecule has 1 heterocycles. The van der Waals surface area contributed by atoms with E-state index >= 15 is 0 Å². The third-order valence-electron chi connectivity index (χ3n) is 3.71. The number of halogens is 1. The molecule has 0 amide bonds. The summed E-state index contributed by atoms with van der Waals surface area (Å²) in [6.45, 7) is 0.855. The van der Waals surface area contributed by atoms with Crippen molar-refractivity contribution in [3.8, 4) is 11.4 Å². The maximum atomic E-state index is 6.24. The van der Waals surface area contributed by atoms with Gasteiger partial charge < -0.3 is 5.73 Å². The van der Waals surface area contributed by atoms with Crippen molar-refractivity contribution in [2.75, 3.05) is 5.73 Å². The molecule has 0 bridgehead atoms. The second-order valence-corrected chi connectivity index (χ2v) is 5.42. The largest absolute Gasteiger partial charge is 0.398 e. The number of anilines is 1. The maximum absolute atomic E-state index is 6.24. The number of rotatable bonds is 3. The highest BCUT2D eigenvalue weighted by molar-refractivity contribution is 6.35. The molecule has 2 aromatic rings. The molecule has 1 aromatic heterocycles. The zero-order chi connectivity index (χ0) is 13.2. The highest BCUT2D eigenvalue weighted by atomic mass is 35.5. The van der Waals surface area contributed by atoms with Crippen LogP contribution in [0.3, 0.4) is 0 Å². The molecule has 0 saturated heterocycles. The van der Waals surface area contributed by atoms with E-state index in [1.54, 1.807) is 6.07 Å². The van der Waals surface area contributed by atoms with Gasteiger partial charge in [-0.05, 0) is 41.3 Å². The third kappa shape index (κ3) is 2.42. The van der Waals surface area contributed by atoms with E-state index < -0.39 is 0 Å². The lowest BCUT2D eigenvalue weighted by molar-refractivity contribution is 0.424. The van der Waals surface area contributed by atoms with Crippen LogP contribution in [0.25, 0.3) is 11.4 Å². The Morgan fingerprint density at radius 2 is 2.11 bits per heavy atom. The zero-order valence-corrected chi connectivity index (χ0v) is 11.3. The standard InChI is InChI=1S/C13H16ClN5/c14-12-10(6-3-7-11(12)15)13-16-17-18-19(13)8-9-4-1-2-5-9/h3,6-7,9H,1-2,4-5,8,15H2. The molecule has 5 nitrogen and oxygen atoms in total. The lowest BCUT2D eigenvalue weighted by Gasteiger charge is -2.11. The van der Waals surface area contributed by atoms with Crippen molar-refractivity contribution in [2.24, 2.45) is 5.92 Å². The maximum Gasteiger partial charge on any atom is 0.183 e. The smallest absolute Gasteiger partial charge is 0.183 e. The zero-order valence-electron chi connectivity index (χ0n) is 10.6. The molecule has 1 aliphatic rings. The monoisotopic (exact) mass is 277 g/mol. The van der Waals surface area contributed by atoms with Crippen molar-refractivity contribution < 1.29 is 0 Å². The average Bonchev–Trinajstić information content (AvgIpc) is 3.05. The minimum absolute atomic E-state index is 0.518. The van der Waals surface area contributed by atoms with Gasteiger partial charge in [0.25, 0.3) is 0 Å². The molecule has 0 unspecified atom stereocenters. The summed E-state index contributed by atoms with van der Waals surface area (Å²) in [5.74, 6) is 1.37. The first-order chi connectivity index (χ1) is 9.25. The number of hydrogen-bond acceptors (Lipinski definition) is 4. The van der Waals surface area contributed by atoms with Gasteiger partial charge in [0.1, 0.15) is 0 Å². The first-order valence-electron chi connectivity index (χ1n) is 6.56. The molecule has 100 valence electrons. The van der Waals surface area contributed by atoms with E-state index in [0.29, 0.717) is 22.5 Å². The summed E-state index contributed by atoms with van der Waals surface area (Å²) >= 11 is 6.24. The van der Waals surface area contributed by atoms with E-state index in [1.165, 1.54) is 25.7 Å².